The molecule has 6 nitrogen and oxygen atoms in total. The molecule has 7 heteroatoms. The lowest BCUT2D eigenvalue weighted by Gasteiger charge is -2.21. The number of sulfonamides is 1. The number of nitrogens with one attached hydrogen (secondary N) is 1. The van der Waals surface area contributed by atoms with Crippen molar-refractivity contribution in [1.29, 1.82) is 0 Å². The first kappa shape index (κ1) is 10.6. The fraction of sp³-hybridized carbons (Fsp3) is 0.625. The van der Waals surface area contributed by atoms with E-state index in [1.807, 2.05) is 0 Å². The summed E-state index contributed by atoms with van der Waals surface area (Å²) in [5.74, 6) is 0. The zero-order valence-corrected chi connectivity index (χ0v) is 8.94. The molecule has 2 heterocycles. The Balaban J connectivity index is 2.30. The van der Waals surface area contributed by atoms with Crippen LogP contribution in [0.2, 0.25) is 0 Å². The molecule has 84 valence electrons. The molecule has 1 atom stereocenters. The van der Waals surface area contributed by atoms with Crippen LogP contribution in [0.15, 0.2) is 17.3 Å². The lowest BCUT2D eigenvalue weighted by molar-refractivity contribution is 0.213. The van der Waals surface area contributed by atoms with E-state index in [1.54, 1.807) is 0 Å². The molecule has 1 aliphatic heterocycles. The number of aliphatic hydroxyl groups excluding tert-OH is 1. The van der Waals surface area contributed by atoms with Crippen molar-refractivity contribution in [2.75, 3.05) is 13.2 Å². The summed E-state index contributed by atoms with van der Waals surface area (Å²) >= 11 is 0. The van der Waals surface area contributed by atoms with Crippen molar-refractivity contribution < 1.29 is 13.5 Å². The van der Waals surface area contributed by atoms with Crippen LogP contribution in [0.25, 0.3) is 0 Å². The van der Waals surface area contributed by atoms with Crippen LogP contribution in [0.1, 0.15) is 12.8 Å². The van der Waals surface area contributed by atoms with Gasteiger partial charge in [-0.15, -0.1) is 0 Å². The molecule has 15 heavy (non-hydrogen) atoms. The highest BCUT2D eigenvalue weighted by Gasteiger charge is 2.35. The summed E-state index contributed by atoms with van der Waals surface area (Å²) in [6.45, 7) is 0.333. The Morgan fingerprint density at radius 1 is 1.67 bits per heavy atom. The van der Waals surface area contributed by atoms with Gasteiger partial charge < -0.3 is 5.11 Å². The van der Waals surface area contributed by atoms with Gasteiger partial charge in [-0.05, 0) is 18.9 Å². The standard InChI is InChI=1S/C8H13N3O3S/c12-6-7-2-1-5-11(7)15(13,14)8-3-4-9-10-8/h3-4,7,12H,1-2,5-6H2,(H,9,10). The third-order valence-electron chi connectivity index (χ3n) is 2.60. The third kappa shape index (κ3) is 1.77. The van der Waals surface area contributed by atoms with Crippen LogP contribution in [0.3, 0.4) is 0 Å². The summed E-state index contributed by atoms with van der Waals surface area (Å²) in [4.78, 5) is 0. The van der Waals surface area contributed by atoms with Crippen LogP contribution in [0.4, 0.5) is 0 Å². The van der Waals surface area contributed by atoms with Gasteiger partial charge in [0.25, 0.3) is 10.0 Å². The van der Waals surface area contributed by atoms with Gasteiger partial charge >= 0.3 is 0 Å². The first-order valence-electron chi connectivity index (χ1n) is 4.78. The van der Waals surface area contributed by atoms with Gasteiger partial charge in [-0.2, -0.15) is 9.40 Å². The summed E-state index contributed by atoms with van der Waals surface area (Å²) in [6.07, 6.45) is 2.90. The number of aliphatic hydroxyl groups is 1. The molecule has 0 aromatic carbocycles. The van der Waals surface area contributed by atoms with E-state index in [9.17, 15) is 8.42 Å². The molecule has 1 saturated heterocycles. The molecule has 2 N–H and O–H groups in total. The molecule has 1 aromatic rings. The smallest absolute Gasteiger partial charge is 0.260 e. The first-order valence-corrected chi connectivity index (χ1v) is 6.22. The van der Waals surface area contributed by atoms with Crippen LogP contribution in [-0.2, 0) is 10.0 Å². The first-order chi connectivity index (χ1) is 7.16. The van der Waals surface area contributed by atoms with Crippen molar-refractivity contribution in [2.24, 2.45) is 0 Å². The molecule has 0 radical (unpaired) electrons. The second kappa shape index (κ2) is 3.92. The Kier molecular flexibility index (Phi) is 2.76. The average molecular weight is 231 g/mol. The van der Waals surface area contributed by atoms with Crippen molar-refractivity contribution in [3.63, 3.8) is 0 Å². The summed E-state index contributed by atoms with van der Waals surface area (Å²) in [6, 6.07) is 1.13. The molecule has 0 spiro atoms. The third-order valence-corrected chi connectivity index (χ3v) is 4.48. The fourth-order valence-corrected chi connectivity index (χ4v) is 3.41. The molecule has 0 saturated carbocycles. The Morgan fingerprint density at radius 3 is 3.07 bits per heavy atom. The van der Waals surface area contributed by atoms with Gasteiger partial charge in [0.1, 0.15) is 0 Å². The molecule has 0 amide bonds. The molecule has 1 fully saturated rings. The predicted molar refractivity (Wildman–Crippen MR) is 52.6 cm³/mol. The fourth-order valence-electron chi connectivity index (χ4n) is 1.82. The number of rotatable bonds is 3. The summed E-state index contributed by atoms with van der Waals surface area (Å²) in [5, 5.41) is 15.2. The molecular weight excluding hydrogens is 218 g/mol. The number of aromatic amines is 1. The molecule has 1 aromatic heterocycles. The lowest BCUT2D eigenvalue weighted by Crippen LogP contribution is -2.37. The topological polar surface area (TPSA) is 86.3 Å². The largest absolute Gasteiger partial charge is 0.395 e. The van der Waals surface area contributed by atoms with Gasteiger partial charge in [0.2, 0.25) is 0 Å². The van der Waals surface area contributed by atoms with Gasteiger partial charge in [-0.25, -0.2) is 8.42 Å². The molecule has 0 bridgehead atoms. The minimum Gasteiger partial charge on any atom is -0.395 e. The summed E-state index contributed by atoms with van der Waals surface area (Å²) < 4.78 is 25.4. The highest BCUT2D eigenvalue weighted by atomic mass is 32.2. The van der Waals surface area contributed by atoms with E-state index < -0.39 is 10.0 Å². The van der Waals surface area contributed by atoms with E-state index >= 15 is 0 Å². The van der Waals surface area contributed by atoms with Gasteiger partial charge in [0.05, 0.1) is 12.8 Å². The van der Waals surface area contributed by atoms with Gasteiger partial charge in [0, 0.05) is 12.6 Å². The molecule has 0 aliphatic carbocycles. The Labute approximate surface area is 88.0 Å². The second-order valence-corrected chi connectivity index (χ2v) is 5.37. The van der Waals surface area contributed by atoms with E-state index in [2.05, 4.69) is 10.2 Å². The SMILES string of the molecule is O=S(=O)(c1ccn[nH]1)N1CCCC1CO. The van der Waals surface area contributed by atoms with E-state index in [1.165, 1.54) is 16.6 Å². The van der Waals surface area contributed by atoms with E-state index in [0.717, 1.165) is 6.42 Å². The quantitative estimate of drug-likeness (QED) is 0.738. The molecule has 1 unspecified atom stereocenters. The minimum absolute atomic E-state index is 0.0860. The second-order valence-electron chi connectivity index (χ2n) is 3.52. The summed E-state index contributed by atoms with van der Waals surface area (Å²) in [7, 11) is -3.50. The van der Waals surface area contributed by atoms with E-state index in [4.69, 9.17) is 5.11 Å². The van der Waals surface area contributed by atoms with Crippen molar-refractivity contribution in [3.05, 3.63) is 12.3 Å². The zero-order chi connectivity index (χ0) is 10.9. The number of aromatic nitrogens is 2. The molecule has 2 rings (SSSR count). The van der Waals surface area contributed by atoms with Crippen LogP contribution in [0, 0.1) is 0 Å². The normalized spacial score (nSPS) is 23.4. The van der Waals surface area contributed by atoms with Crippen LogP contribution in [-0.4, -0.2) is 47.2 Å². The minimum atomic E-state index is -3.50. The van der Waals surface area contributed by atoms with Crippen molar-refractivity contribution in [2.45, 2.75) is 23.9 Å². The van der Waals surface area contributed by atoms with E-state index in [-0.39, 0.29) is 17.7 Å². The van der Waals surface area contributed by atoms with Crippen molar-refractivity contribution in [3.8, 4) is 0 Å². The summed E-state index contributed by atoms with van der Waals surface area (Å²) in [5.41, 5.74) is 0. The highest BCUT2D eigenvalue weighted by molar-refractivity contribution is 7.89. The average Bonchev–Trinajstić information content (AvgIpc) is 2.89. The van der Waals surface area contributed by atoms with Gasteiger partial charge in [-0.1, -0.05) is 0 Å². The lowest BCUT2D eigenvalue weighted by atomic mass is 10.2. The number of hydrogen-bond donors (Lipinski definition) is 2. The highest BCUT2D eigenvalue weighted by Crippen LogP contribution is 2.24. The van der Waals surface area contributed by atoms with Gasteiger partial charge in [0.15, 0.2) is 5.03 Å². The maximum Gasteiger partial charge on any atom is 0.260 e. The van der Waals surface area contributed by atoms with Crippen molar-refractivity contribution in [1.82, 2.24) is 14.5 Å². The monoisotopic (exact) mass is 231 g/mol. The number of hydrogen-bond acceptors (Lipinski definition) is 4. The Hall–Kier alpha value is -0.920. The van der Waals surface area contributed by atoms with Crippen LogP contribution >= 0.6 is 0 Å². The number of H-pyrrole nitrogens is 1. The van der Waals surface area contributed by atoms with Crippen molar-refractivity contribution >= 4 is 10.0 Å². The predicted octanol–water partition coefficient (Wildman–Crippen LogP) is -0.445. The van der Waals surface area contributed by atoms with E-state index in [0.29, 0.717) is 13.0 Å². The number of nitrogens with zero attached hydrogens (tertiary/aromatic N) is 2. The zero-order valence-electron chi connectivity index (χ0n) is 8.13. The molecule has 1 aliphatic rings. The Bertz CT molecular complexity index is 414. The van der Waals surface area contributed by atoms with Gasteiger partial charge in [-0.3, -0.25) is 5.10 Å². The van der Waals surface area contributed by atoms with Crippen LogP contribution < -0.4 is 0 Å². The maximum absolute atomic E-state index is 12.0. The van der Waals surface area contributed by atoms with Crippen LogP contribution in [0.5, 0.6) is 0 Å². The molecular formula is C8H13N3O3S. The maximum atomic E-state index is 12.0. The Morgan fingerprint density at radius 2 is 2.47 bits per heavy atom.